The van der Waals surface area contributed by atoms with Gasteiger partial charge in [-0.2, -0.15) is 0 Å². The molecule has 1 aromatic heterocycles. The zero-order chi connectivity index (χ0) is 17.3. The predicted octanol–water partition coefficient (Wildman–Crippen LogP) is 2.90. The fourth-order valence-corrected chi connectivity index (χ4v) is 2.50. The molecular weight excluding hydrogens is 386 g/mol. The number of anilines is 2. The monoisotopic (exact) mass is 396 g/mol. The van der Waals surface area contributed by atoms with Gasteiger partial charge in [-0.15, -0.1) is 0 Å². The van der Waals surface area contributed by atoms with Crippen LogP contribution in [0.4, 0.5) is 25.0 Å². The lowest BCUT2D eigenvalue weighted by atomic mass is 10.1. The second-order valence-corrected chi connectivity index (χ2v) is 5.80. The quantitative estimate of drug-likeness (QED) is 0.783. The number of hydrogen-bond donors (Lipinski definition) is 2. The second kappa shape index (κ2) is 6.52. The van der Waals surface area contributed by atoms with Crippen LogP contribution < -0.4 is 15.5 Å². The maximum atomic E-state index is 14.0. The van der Waals surface area contributed by atoms with Gasteiger partial charge in [-0.25, -0.2) is 18.6 Å². The van der Waals surface area contributed by atoms with Crippen LogP contribution in [0.1, 0.15) is 10.4 Å². The minimum Gasteiger partial charge on any atom is -0.336 e. The Morgan fingerprint density at radius 2 is 2.08 bits per heavy atom. The Morgan fingerprint density at radius 1 is 1.29 bits per heavy atom. The highest BCUT2D eigenvalue weighted by molar-refractivity contribution is 9.10. The summed E-state index contributed by atoms with van der Waals surface area (Å²) in [5.74, 6) is -2.69. The number of hydrogen-bond acceptors (Lipinski definition) is 3. The second-order valence-electron chi connectivity index (χ2n) is 4.99. The summed E-state index contributed by atoms with van der Waals surface area (Å²) in [4.78, 5) is 29.0. The molecule has 6 nitrogen and oxygen atoms in total. The maximum Gasteiger partial charge on any atom is 0.322 e. The zero-order valence-electron chi connectivity index (χ0n) is 12.1. The van der Waals surface area contributed by atoms with Crippen molar-refractivity contribution in [2.75, 3.05) is 23.3 Å². The van der Waals surface area contributed by atoms with Crippen LogP contribution >= 0.6 is 15.9 Å². The number of pyridine rings is 1. The maximum absolute atomic E-state index is 14.0. The van der Waals surface area contributed by atoms with Crippen molar-refractivity contribution in [1.29, 1.82) is 0 Å². The molecule has 0 atom stereocenters. The first-order valence-electron chi connectivity index (χ1n) is 6.93. The van der Waals surface area contributed by atoms with E-state index in [0.29, 0.717) is 22.9 Å². The van der Waals surface area contributed by atoms with Crippen LogP contribution in [-0.4, -0.2) is 30.0 Å². The number of urea groups is 1. The summed E-state index contributed by atoms with van der Waals surface area (Å²) in [6, 6.07) is 4.30. The van der Waals surface area contributed by atoms with Crippen molar-refractivity contribution < 1.29 is 18.4 Å². The molecule has 0 saturated carbocycles. The third-order valence-corrected chi connectivity index (χ3v) is 3.88. The third kappa shape index (κ3) is 3.21. The number of nitrogens with one attached hydrogen (secondary N) is 2. The van der Waals surface area contributed by atoms with Gasteiger partial charge in [0.25, 0.3) is 5.91 Å². The molecule has 2 heterocycles. The highest BCUT2D eigenvalue weighted by Crippen LogP contribution is 2.25. The summed E-state index contributed by atoms with van der Waals surface area (Å²) in [6.45, 7) is 0.584. The van der Waals surface area contributed by atoms with E-state index in [1.165, 1.54) is 6.20 Å². The van der Waals surface area contributed by atoms with Gasteiger partial charge in [0, 0.05) is 19.2 Å². The van der Waals surface area contributed by atoms with Gasteiger partial charge in [-0.05, 0) is 34.1 Å². The molecule has 0 aliphatic carbocycles. The molecule has 1 aliphatic rings. The van der Waals surface area contributed by atoms with Gasteiger partial charge in [0.15, 0.2) is 0 Å². The van der Waals surface area contributed by atoms with Crippen molar-refractivity contribution in [3.63, 3.8) is 0 Å². The van der Waals surface area contributed by atoms with Crippen LogP contribution in [0.3, 0.4) is 0 Å². The SMILES string of the molecule is O=C(Nc1ccc(Br)nc1)c1cc(N2CCNC2=O)c(F)cc1F. The Hall–Kier alpha value is -2.55. The fraction of sp³-hybridized carbons (Fsp3) is 0.133. The predicted molar refractivity (Wildman–Crippen MR) is 87.0 cm³/mol. The van der Waals surface area contributed by atoms with Crippen LogP contribution in [0, 0.1) is 11.6 Å². The lowest BCUT2D eigenvalue weighted by Gasteiger charge is -2.16. The highest BCUT2D eigenvalue weighted by atomic mass is 79.9. The van der Waals surface area contributed by atoms with Gasteiger partial charge in [0.2, 0.25) is 0 Å². The van der Waals surface area contributed by atoms with Crippen molar-refractivity contribution >= 4 is 39.2 Å². The van der Waals surface area contributed by atoms with Gasteiger partial charge < -0.3 is 10.6 Å². The number of carbonyl (C=O) groups excluding carboxylic acids is 2. The molecule has 3 amide bonds. The molecule has 2 aromatic rings. The van der Waals surface area contributed by atoms with E-state index < -0.39 is 23.6 Å². The molecule has 2 N–H and O–H groups in total. The minimum absolute atomic E-state index is 0.148. The first-order valence-corrected chi connectivity index (χ1v) is 7.72. The van der Waals surface area contributed by atoms with Gasteiger partial charge in [0.1, 0.15) is 16.2 Å². The zero-order valence-corrected chi connectivity index (χ0v) is 13.7. The molecule has 0 radical (unpaired) electrons. The number of carbonyl (C=O) groups is 2. The summed E-state index contributed by atoms with van der Waals surface area (Å²) in [5.41, 5.74) is -0.160. The summed E-state index contributed by atoms with van der Waals surface area (Å²) >= 11 is 3.16. The molecule has 0 bridgehead atoms. The molecule has 1 fully saturated rings. The standard InChI is InChI=1S/C15H11BrF2N4O2/c16-13-2-1-8(7-20-13)21-14(23)9-5-12(11(18)6-10(9)17)22-4-3-19-15(22)24/h1-2,5-7H,3-4H2,(H,19,24)(H,21,23). The lowest BCUT2D eigenvalue weighted by Crippen LogP contribution is -2.29. The van der Waals surface area contributed by atoms with Crippen molar-refractivity contribution in [2.24, 2.45) is 0 Å². The first-order chi connectivity index (χ1) is 11.5. The van der Waals surface area contributed by atoms with E-state index in [-0.39, 0.29) is 17.8 Å². The number of aromatic nitrogens is 1. The van der Waals surface area contributed by atoms with Crippen LogP contribution in [-0.2, 0) is 0 Å². The molecule has 124 valence electrons. The van der Waals surface area contributed by atoms with Crippen LogP contribution in [0.2, 0.25) is 0 Å². The summed E-state index contributed by atoms with van der Waals surface area (Å²) in [5, 5.41) is 4.99. The number of benzene rings is 1. The molecule has 1 aliphatic heterocycles. The van der Waals surface area contributed by atoms with E-state index in [9.17, 15) is 18.4 Å². The van der Waals surface area contributed by atoms with Crippen molar-refractivity contribution in [2.45, 2.75) is 0 Å². The van der Waals surface area contributed by atoms with E-state index in [2.05, 4.69) is 31.5 Å². The van der Waals surface area contributed by atoms with Crippen LogP contribution in [0.15, 0.2) is 35.1 Å². The van der Waals surface area contributed by atoms with E-state index in [1.807, 2.05) is 0 Å². The van der Waals surface area contributed by atoms with Crippen LogP contribution in [0.25, 0.3) is 0 Å². The smallest absolute Gasteiger partial charge is 0.322 e. The van der Waals surface area contributed by atoms with E-state index in [1.54, 1.807) is 12.1 Å². The number of amides is 3. The Morgan fingerprint density at radius 3 is 2.71 bits per heavy atom. The van der Waals surface area contributed by atoms with E-state index in [0.717, 1.165) is 11.0 Å². The normalized spacial score (nSPS) is 13.8. The Balaban J connectivity index is 1.90. The summed E-state index contributed by atoms with van der Waals surface area (Å²) in [6.07, 6.45) is 1.39. The summed E-state index contributed by atoms with van der Waals surface area (Å²) in [7, 11) is 0. The van der Waals surface area contributed by atoms with Gasteiger partial charge in [-0.3, -0.25) is 9.69 Å². The van der Waals surface area contributed by atoms with Gasteiger partial charge in [0.05, 0.1) is 23.1 Å². The fourth-order valence-electron chi connectivity index (χ4n) is 2.27. The minimum atomic E-state index is -1.02. The Kier molecular flexibility index (Phi) is 4.43. The molecule has 0 unspecified atom stereocenters. The molecule has 1 saturated heterocycles. The number of rotatable bonds is 3. The molecule has 9 heteroatoms. The van der Waals surface area contributed by atoms with Crippen molar-refractivity contribution in [1.82, 2.24) is 10.3 Å². The topological polar surface area (TPSA) is 74.3 Å². The molecule has 24 heavy (non-hydrogen) atoms. The number of nitrogens with zero attached hydrogens (tertiary/aromatic N) is 2. The van der Waals surface area contributed by atoms with Gasteiger partial charge in [-0.1, -0.05) is 0 Å². The van der Waals surface area contributed by atoms with E-state index in [4.69, 9.17) is 0 Å². The average Bonchev–Trinajstić information content (AvgIpc) is 2.95. The van der Waals surface area contributed by atoms with Crippen molar-refractivity contribution in [3.8, 4) is 0 Å². The Bertz CT molecular complexity index is 814. The largest absolute Gasteiger partial charge is 0.336 e. The molecule has 0 spiro atoms. The summed E-state index contributed by atoms with van der Waals surface area (Å²) < 4.78 is 28.6. The Labute approximate surface area is 144 Å². The number of halogens is 3. The van der Waals surface area contributed by atoms with Crippen LogP contribution in [0.5, 0.6) is 0 Å². The average molecular weight is 397 g/mol. The molecule has 3 rings (SSSR count). The first kappa shape index (κ1) is 16.3. The third-order valence-electron chi connectivity index (χ3n) is 3.41. The lowest BCUT2D eigenvalue weighted by molar-refractivity contribution is 0.102. The van der Waals surface area contributed by atoms with Crippen molar-refractivity contribution in [3.05, 3.63) is 52.3 Å². The highest BCUT2D eigenvalue weighted by Gasteiger charge is 2.26. The van der Waals surface area contributed by atoms with E-state index >= 15 is 0 Å². The van der Waals surface area contributed by atoms with Gasteiger partial charge >= 0.3 is 6.03 Å². The molecule has 1 aromatic carbocycles. The molecular formula is C15H11BrF2N4O2.